The molecule has 1 saturated heterocycles. The SMILES string of the molecule is Cc1cc(N)ccc1C1CCCN1. The molecule has 0 aromatic heterocycles. The van der Waals surface area contributed by atoms with Gasteiger partial charge >= 0.3 is 0 Å². The number of hydrogen-bond donors (Lipinski definition) is 2. The maximum absolute atomic E-state index is 5.71. The van der Waals surface area contributed by atoms with Gasteiger partial charge in [-0.25, -0.2) is 0 Å². The van der Waals surface area contributed by atoms with Crippen LogP contribution in [-0.4, -0.2) is 6.54 Å². The predicted octanol–water partition coefficient (Wildman–Crippen LogP) is 2.00. The van der Waals surface area contributed by atoms with Crippen molar-refractivity contribution in [3.63, 3.8) is 0 Å². The third-order valence-corrected chi connectivity index (χ3v) is 2.73. The summed E-state index contributed by atoms with van der Waals surface area (Å²) in [6.07, 6.45) is 2.54. The maximum Gasteiger partial charge on any atom is 0.0323 e. The second-order valence-electron chi connectivity index (χ2n) is 3.76. The predicted molar refractivity (Wildman–Crippen MR) is 55.6 cm³/mol. The lowest BCUT2D eigenvalue weighted by atomic mass is 10.00. The van der Waals surface area contributed by atoms with E-state index in [2.05, 4.69) is 24.4 Å². The fourth-order valence-electron chi connectivity index (χ4n) is 2.04. The van der Waals surface area contributed by atoms with Crippen LogP contribution in [0.5, 0.6) is 0 Å². The summed E-state index contributed by atoms with van der Waals surface area (Å²) in [6.45, 7) is 3.28. The standard InChI is InChI=1S/C11H16N2/c1-8-7-9(12)4-5-10(8)11-3-2-6-13-11/h4-5,7,11,13H,2-3,6,12H2,1H3. The number of aryl methyl sites for hydroxylation is 1. The molecule has 1 aliphatic heterocycles. The number of rotatable bonds is 1. The summed E-state index contributed by atoms with van der Waals surface area (Å²) in [4.78, 5) is 0. The van der Waals surface area contributed by atoms with Crippen molar-refractivity contribution >= 4 is 5.69 Å². The molecule has 1 aliphatic rings. The maximum atomic E-state index is 5.71. The van der Waals surface area contributed by atoms with Crippen LogP contribution in [0.4, 0.5) is 5.69 Å². The first-order chi connectivity index (χ1) is 6.27. The van der Waals surface area contributed by atoms with Gasteiger partial charge in [0.25, 0.3) is 0 Å². The fraction of sp³-hybridized carbons (Fsp3) is 0.455. The van der Waals surface area contributed by atoms with Crippen LogP contribution in [-0.2, 0) is 0 Å². The number of nitrogen functional groups attached to an aromatic ring is 1. The first kappa shape index (κ1) is 8.57. The monoisotopic (exact) mass is 176 g/mol. The van der Waals surface area contributed by atoms with Crippen LogP contribution in [0.2, 0.25) is 0 Å². The molecule has 0 radical (unpaired) electrons. The first-order valence-corrected chi connectivity index (χ1v) is 4.87. The van der Waals surface area contributed by atoms with Gasteiger partial charge in [-0.2, -0.15) is 0 Å². The van der Waals surface area contributed by atoms with Crippen molar-refractivity contribution in [2.75, 3.05) is 12.3 Å². The van der Waals surface area contributed by atoms with Gasteiger partial charge in [0, 0.05) is 11.7 Å². The first-order valence-electron chi connectivity index (χ1n) is 4.87. The number of nitrogens with two attached hydrogens (primary N) is 1. The lowest BCUT2D eigenvalue weighted by molar-refractivity contribution is 0.644. The molecule has 1 fully saturated rings. The normalized spacial score (nSPS) is 22.1. The van der Waals surface area contributed by atoms with Gasteiger partial charge in [0.05, 0.1) is 0 Å². The van der Waals surface area contributed by atoms with Crippen LogP contribution in [0, 0.1) is 6.92 Å². The Morgan fingerprint density at radius 3 is 2.92 bits per heavy atom. The molecule has 0 amide bonds. The molecule has 3 N–H and O–H groups in total. The molecule has 0 bridgehead atoms. The molecule has 2 rings (SSSR count). The average molecular weight is 176 g/mol. The van der Waals surface area contributed by atoms with E-state index in [9.17, 15) is 0 Å². The van der Waals surface area contributed by atoms with Crippen molar-refractivity contribution in [1.82, 2.24) is 5.32 Å². The second-order valence-corrected chi connectivity index (χ2v) is 3.76. The number of hydrogen-bond acceptors (Lipinski definition) is 2. The van der Waals surface area contributed by atoms with Crippen molar-refractivity contribution < 1.29 is 0 Å². The number of benzene rings is 1. The molecule has 1 unspecified atom stereocenters. The lowest BCUT2D eigenvalue weighted by Gasteiger charge is -2.13. The molecule has 2 nitrogen and oxygen atoms in total. The van der Waals surface area contributed by atoms with Crippen molar-refractivity contribution in [3.8, 4) is 0 Å². The van der Waals surface area contributed by atoms with Gasteiger partial charge in [0.2, 0.25) is 0 Å². The Balaban J connectivity index is 2.29. The Morgan fingerprint density at radius 1 is 1.46 bits per heavy atom. The summed E-state index contributed by atoms with van der Waals surface area (Å²) in [6, 6.07) is 6.74. The minimum atomic E-state index is 0.556. The van der Waals surface area contributed by atoms with Crippen LogP contribution in [0.15, 0.2) is 18.2 Å². The minimum Gasteiger partial charge on any atom is -0.399 e. The van der Waals surface area contributed by atoms with Crippen LogP contribution < -0.4 is 11.1 Å². The van der Waals surface area contributed by atoms with Gasteiger partial charge in [-0.05, 0) is 49.6 Å². The molecule has 70 valence electrons. The molecule has 1 atom stereocenters. The third kappa shape index (κ3) is 1.68. The fourth-order valence-corrected chi connectivity index (χ4v) is 2.04. The zero-order chi connectivity index (χ0) is 9.26. The Labute approximate surface area is 79.1 Å². The van der Waals surface area contributed by atoms with E-state index < -0.39 is 0 Å². The van der Waals surface area contributed by atoms with E-state index in [1.807, 2.05) is 6.07 Å². The van der Waals surface area contributed by atoms with E-state index in [0.29, 0.717) is 6.04 Å². The number of anilines is 1. The topological polar surface area (TPSA) is 38.0 Å². The summed E-state index contributed by atoms with van der Waals surface area (Å²) >= 11 is 0. The molecule has 1 aromatic carbocycles. The van der Waals surface area contributed by atoms with Gasteiger partial charge in [-0.15, -0.1) is 0 Å². The van der Waals surface area contributed by atoms with Crippen LogP contribution in [0.1, 0.15) is 30.0 Å². The number of nitrogens with one attached hydrogen (secondary N) is 1. The van der Waals surface area contributed by atoms with Crippen molar-refractivity contribution in [3.05, 3.63) is 29.3 Å². The molecular weight excluding hydrogens is 160 g/mol. The third-order valence-electron chi connectivity index (χ3n) is 2.73. The van der Waals surface area contributed by atoms with Crippen molar-refractivity contribution in [1.29, 1.82) is 0 Å². The van der Waals surface area contributed by atoms with Crippen LogP contribution in [0.3, 0.4) is 0 Å². The van der Waals surface area contributed by atoms with Crippen LogP contribution in [0.25, 0.3) is 0 Å². The highest BCUT2D eigenvalue weighted by atomic mass is 14.9. The van der Waals surface area contributed by atoms with E-state index in [4.69, 9.17) is 5.73 Å². The Hall–Kier alpha value is -1.02. The highest BCUT2D eigenvalue weighted by Crippen LogP contribution is 2.26. The molecular formula is C11H16N2. The quantitative estimate of drug-likeness (QED) is 0.642. The molecule has 0 saturated carbocycles. The van der Waals surface area contributed by atoms with E-state index in [-0.39, 0.29) is 0 Å². The van der Waals surface area contributed by atoms with E-state index in [1.165, 1.54) is 24.0 Å². The molecule has 13 heavy (non-hydrogen) atoms. The molecule has 0 aliphatic carbocycles. The summed E-state index contributed by atoms with van der Waals surface area (Å²) in [5.41, 5.74) is 9.28. The summed E-state index contributed by atoms with van der Waals surface area (Å²) in [5.74, 6) is 0. The van der Waals surface area contributed by atoms with E-state index in [0.717, 1.165) is 12.2 Å². The zero-order valence-corrected chi connectivity index (χ0v) is 8.01. The Kier molecular flexibility index (Phi) is 2.23. The van der Waals surface area contributed by atoms with Crippen LogP contribution >= 0.6 is 0 Å². The molecule has 1 heterocycles. The Bertz CT molecular complexity index is 301. The molecule has 1 aromatic rings. The molecule has 2 heteroatoms. The largest absolute Gasteiger partial charge is 0.399 e. The minimum absolute atomic E-state index is 0.556. The van der Waals surface area contributed by atoms with Crippen molar-refractivity contribution in [2.24, 2.45) is 0 Å². The smallest absolute Gasteiger partial charge is 0.0323 e. The van der Waals surface area contributed by atoms with Gasteiger partial charge in [0.1, 0.15) is 0 Å². The van der Waals surface area contributed by atoms with Gasteiger partial charge in [-0.3, -0.25) is 0 Å². The highest BCUT2D eigenvalue weighted by Gasteiger charge is 2.17. The average Bonchev–Trinajstić information content (AvgIpc) is 2.56. The highest BCUT2D eigenvalue weighted by molar-refractivity contribution is 5.45. The van der Waals surface area contributed by atoms with Crippen molar-refractivity contribution in [2.45, 2.75) is 25.8 Å². The molecule has 0 spiro atoms. The lowest BCUT2D eigenvalue weighted by Crippen LogP contribution is -2.13. The summed E-state index contributed by atoms with van der Waals surface area (Å²) < 4.78 is 0. The summed E-state index contributed by atoms with van der Waals surface area (Å²) in [5, 5.41) is 3.49. The second kappa shape index (κ2) is 3.38. The van der Waals surface area contributed by atoms with Gasteiger partial charge in [-0.1, -0.05) is 6.07 Å². The Morgan fingerprint density at radius 2 is 2.31 bits per heavy atom. The van der Waals surface area contributed by atoms with Gasteiger partial charge < -0.3 is 11.1 Å². The zero-order valence-electron chi connectivity index (χ0n) is 8.01. The summed E-state index contributed by atoms with van der Waals surface area (Å²) in [7, 11) is 0. The van der Waals surface area contributed by atoms with E-state index >= 15 is 0 Å². The van der Waals surface area contributed by atoms with Gasteiger partial charge in [0.15, 0.2) is 0 Å². The van der Waals surface area contributed by atoms with E-state index in [1.54, 1.807) is 0 Å².